The molecule has 0 fully saturated rings. The lowest BCUT2D eigenvalue weighted by atomic mass is 10.2. The van der Waals surface area contributed by atoms with E-state index in [4.69, 9.17) is 9.26 Å². The van der Waals surface area contributed by atoms with Gasteiger partial charge in [0.25, 0.3) is 0 Å². The predicted molar refractivity (Wildman–Crippen MR) is 70.4 cm³/mol. The van der Waals surface area contributed by atoms with Crippen LogP contribution in [0.4, 0.5) is 0 Å². The minimum atomic E-state index is 0.646. The first-order valence-electron chi connectivity index (χ1n) is 5.58. The minimum Gasteiger partial charge on any atom is -0.497 e. The van der Waals surface area contributed by atoms with Crippen LogP contribution in [0, 0.1) is 0 Å². The van der Waals surface area contributed by atoms with Crippen molar-refractivity contribution >= 4 is 15.9 Å². The van der Waals surface area contributed by atoms with E-state index in [-0.39, 0.29) is 0 Å². The van der Waals surface area contributed by atoms with Crippen LogP contribution in [-0.2, 0) is 13.0 Å². The molecule has 0 radical (unpaired) electrons. The summed E-state index contributed by atoms with van der Waals surface area (Å²) < 4.78 is 11.2. The Kier molecular flexibility index (Phi) is 4.72. The third kappa shape index (κ3) is 3.54. The Balaban J connectivity index is 1.82. The number of benzene rings is 1. The molecule has 1 aromatic carbocycles. The third-order valence-corrected chi connectivity index (χ3v) is 3.26. The summed E-state index contributed by atoms with van der Waals surface area (Å²) in [5.74, 6) is 1.50. The molecule has 0 atom stereocenters. The molecule has 0 bridgehead atoms. The van der Waals surface area contributed by atoms with E-state index in [1.54, 1.807) is 7.11 Å². The summed E-state index contributed by atoms with van der Waals surface area (Å²) in [5.41, 5.74) is 1.15. The zero-order chi connectivity index (χ0) is 12.8. The van der Waals surface area contributed by atoms with Crippen molar-refractivity contribution in [3.63, 3.8) is 0 Å². The van der Waals surface area contributed by atoms with Crippen molar-refractivity contribution in [3.8, 4) is 5.75 Å². The highest BCUT2D eigenvalue weighted by Crippen LogP contribution is 2.22. The second kappa shape index (κ2) is 6.51. The van der Waals surface area contributed by atoms with Crippen LogP contribution in [0.15, 0.2) is 33.5 Å². The predicted octanol–water partition coefficient (Wildman–Crippen LogP) is 2.17. The first-order chi connectivity index (χ1) is 8.79. The molecule has 0 saturated heterocycles. The SMILES string of the molecule is COc1ccc(Br)c(CNCCc2ncno2)c1. The van der Waals surface area contributed by atoms with Gasteiger partial charge in [-0.05, 0) is 23.8 Å². The highest BCUT2D eigenvalue weighted by atomic mass is 79.9. The Labute approximate surface area is 114 Å². The Bertz CT molecular complexity index is 488. The zero-order valence-electron chi connectivity index (χ0n) is 10.0. The fraction of sp³-hybridized carbons (Fsp3) is 0.333. The van der Waals surface area contributed by atoms with Gasteiger partial charge in [0.2, 0.25) is 5.89 Å². The molecule has 0 aliphatic heterocycles. The largest absolute Gasteiger partial charge is 0.497 e. The van der Waals surface area contributed by atoms with E-state index in [0.29, 0.717) is 5.89 Å². The molecule has 1 heterocycles. The lowest BCUT2D eigenvalue weighted by Gasteiger charge is -2.08. The van der Waals surface area contributed by atoms with Gasteiger partial charge in [0, 0.05) is 24.0 Å². The Morgan fingerprint density at radius 1 is 1.44 bits per heavy atom. The van der Waals surface area contributed by atoms with Crippen LogP contribution < -0.4 is 10.1 Å². The van der Waals surface area contributed by atoms with Gasteiger partial charge in [-0.15, -0.1) is 0 Å². The van der Waals surface area contributed by atoms with Crippen LogP contribution in [0.3, 0.4) is 0 Å². The van der Waals surface area contributed by atoms with E-state index in [2.05, 4.69) is 31.4 Å². The first kappa shape index (κ1) is 13.0. The van der Waals surface area contributed by atoms with Crippen molar-refractivity contribution in [1.29, 1.82) is 0 Å². The molecule has 0 aliphatic rings. The number of rotatable bonds is 6. The molecule has 0 aliphatic carbocycles. The van der Waals surface area contributed by atoms with Gasteiger partial charge in [-0.2, -0.15) is 4.98 Å². The van der Waals surface area contributed by atoms with E-state index in [1.165, 1.54) is 6.33 Å². The lowest BCUT2D eigenvalue weighted by molar-refractivity contribution is 0.375. The summed E-state index contributed by atoms with van der Waals surface area (Å²) in [6.45, 7) is 1.54. The van der Waals surface area contributed by atoms with E-state index < -0.39 is 0 Å². The number of halogens is 1. The van der Waals surface area contributed by atoms with Gasteiger partial charge in [-0.1, -0.05) is 21.1 Å². The maximum absolute atomic E-state index is 5.19. The number of methoxy groups -OCH3 is 1. The molecule has 2 aromatic rings. The third-order valence-electron chi connectivity index (χ3n) is 2.49. The smallest absolute Gasteiger partial charge is 0.227 e. The topological polar surface area (TPSA) is 60.2 Å². The fourth-order valence-corrected chi connectivity index (χ4v) is 1.92. The number of ether oxygens (including phenoxy) is 1. The van der Waals surface area contributed by atoms with E-state index >= 15 is 0 Å². The maximum Gasteiger partial charge on any atom is 0.227 e. The Morgan fingerprint density at radius 2 is 2.33 bits per heavy atom. The van der Waals surface area contributed by atoms with Crippen molar-refractivity contribution in [1.82, 2.24) is 15.5 Å². The second-order valence-corrected chi connectivity index (χ2v) is 4.57. The van der Waals surface area contributed by atoms with Crippen molar-refractivity contribution < 1.29 is 9.26 Å². The van der Waals surface area contributed by atoms with Gasteiger partial charge < -0.3 is 14.6 Å². The van der Waals surface area contributed by atoms with Gasteiger partial charge in [0.05, 0.1) is 7.11 Å². The molecule has 96 valence electrons. The minimum absolute atomic E-state index is 0.646. The first-order valence-corrected chi connectivity index (χ1v) is 6.37. The van der Waals surface area contributed by atoms with Gasteiger partial charge in [0.15, 0.2) is 6.33 Å². The zero-order valence-corrected chi connectivity index (χ0v) is 11.6. The molecule has 0 spiro atoms. The Hall–Kier alpha value is -1.40. The summed E-state index contributed by atoms with van der Waals surface area (Å²) in [4.78, 5) is 3.96. The monoisotopic (exact) mass is 311 g/mol. The normalized spacial score (nSPS) is 10.6. The summed E-state index contributed by atoms with van der Waals surface area (Å²) >= 11 is 3.51. The van der Waals surface area contributed by atoms with Crippen LogP contribution in [-0.4, -0.2) is 23.8 Å². The number of aromatic nitrogens is 2. The summed E-state index contributed by atoms with van der Waals surface area (Å²) in [6, 6.07) is 5.91. The molecular formula is C12H14BrN3O2. The van der Waals surface area contributed by atoms with Crippen molar-refractivity contribution in [2.75, 3.05) is 13.7 Å². The summed E-state index contributed by atoms with van der Waals surface area (Å²) in [5, 5.41) is 6.88. The fourth-order valence-electron chi connectivity index (χ4n) is 1.54. The van der Waals surface area contributed by atoms with Gasteiger partial charge in [-0.3, -0.25) is 0 Å². The highest BCUT2D eigenvalue weighted by Gasteiger charge is 2.03. The number of nitrogens with one attached hydrogen (secondary N) is 1. The van der Waals surface area contributed by atoms with Crippen LogP contribution in [0.25, 0.3) is 0 Å². The van der Waals surface area contributed by atoms with E-state index in [0.717, 1.165) is 35.3 Å². The van der Waals surface area contributed by atoms with Crippen LogP contribution in [0.2, 0.25) is 0 Å². The number of hydrogen-bond acceptors (Lipinski definition) is 5. The van der Waals surface area contributed by atoms with Crippen LogP contribution in [0.5, 0.6) is 5.75 Å². The molecule has 2 rings (SSSR count). The maximum atomic E-state index is 5.19. The number of nitrogens with zero attached hydrogens (tertiary/aromatic N) is 2. The van der Waals surface area contributed by atoms with Crippen molar-refractivity contribution in [2.45, 2.75) is 13.0 Å². The molecule has 18 heavy (non-hydrogen) atoms. The average molecular weight is 312 g/mol. The van der Waals surface area contributed by atoms with E-state index in [9.17, 15) is 0 Å². The average Bonchev–Trinajstić information content (AvgIpc) is 2.89. The summed E-state index contributed by atoms with van der Waals surface area (Å²) in [7, 11) is 1.66. The lowest BCUT2D eigenvalue weighted by Crippen LogP contribution is -2.17. The van der Waals surface area contributed by atoms with Crippen molar-refractivity contribution in [3.05, 3.63) is 40.5 Å². The molecule has 0 unspecified atom stereocenters. The molecular weight excluding hydrogens is 298 g/mol. The molecule has 0 saturated carbocycles. The summed E-state index contributed by atoms with van der Waals surface area (Å²) in [6.07, 6.45) is 2.13. The molecule has 1 aromatic heterocycles. The van der Waals surface area contributed by atoms with Crippen molar-refractivity contribution in [2.24, 2.45) is 0 Å². The standard InChI is InChI=1S/C12H14BrN3O2/c1-17-10-2-3-11(13)9(6-10)7-14-5-4-12-15-8-16-18-12/h2-3,6,8,14H,4-5,7H2,1H3. The molecule has 5 nitrogen and oxygen atoms in total. The van der Waals surface area contributed by atoms with Gasteiger partial charge in [-0.25, -0.2) is 0 Å². The molecule has 0 amide bonds. The second-order valence-electron chi connectivity index (χ2n) is 3.72. The quantitative estimate of drug-likeness (QED) is 0.829. The molecule has 1 N–H and O–H groups in total. The van der Waals surface area contributed by atoms with Crippen LogP contribution in [0.1, 0.15) is 11.5 Å². The number of hydrogen-bond donors (Lipinski definition) is 1. The highest BCUT2D eigenvalue weighted by molar-refractivity contribution is 9.10. The van der Waals surface area contributed by atoms with Crippen LogP contribution >= 0.6 is 15.9 Å². The van der Waals surface area contributed by atoms with E-state index in [1.807, 2.05) is 18.2 Å². The Morgan fingerprint density at radius 3 is 3.06 bits per heavy atom. The molecule has 6 heteroatoms. The van der Waals surface area contributed by atoms with Gasteiger partial charge in [0.1, 0.15) is 5.75 Å². The van der Waals surface area contributed by atoms with Gasteiger partial charge >= 0.3 is 0 Å².